The maximum Gasteiger partial charge on any atom is 0.305 e. The Morgan fingerprint density at radius 1 is 1.00 bits per heavy atom. The number of thiazole rings is 1. The summed E-state index contributed by atoms with van der Waals surface area (Å²) in [5.41, 5.74) is 1.25. The molecule has 202 valence electrons. The van der Waals surface area contributed by atoms with Gasteiger partial charge in [0.1, 0.15) is 5.25 Å². The molecule has 0 spiro atoms. The number of hydrogen-bond donors (Lipinski definition) is 1. The van der Waals surface area contributed by atoms with E-state index in [0.717, 1.165) is 54.1 Å². The number of likely N-dealkylation sites (tertiary alicyclic amines) is 1. The number of amides is 3. The highest BCUT2D eigenvalue weighted by atomic mass is 32.2. The van der Waals surface area contributed by atoms with E-state index in [2.05, 4.69) is 4.98 Å². The Labute approximate surface area is 233 Å². The summed E-state index contributed by atoms with van der Waals surface area (Å²) in [6.07, 6.45) is 3.14. The number of aromatic amines is 1. The van der Waals surface area contributed by atoms with E-state index in [1.807, 2.05) is 17.0 Å². The van der Waals surface area contributed by atoms with Crippen LogP contribution in [0.1, 0.15) is 35.6 Å². The minimum atomic E-state index is -0.696. The number of piperidine rings is 1. The number of thioether (sulfide) groups is 1. The Balaban J connectivity index is 1.32. The zero-order chi connectivity index (χ0) is 27.1. The number of imide groups is 1. The molecule has 39 heavy (non-hydrogen) atoms. The highest BCUT2D eigenvalue weighted by Crippen LogP contribution is 2.53. The number of nitrogens with zero attached hydrogens (tertiary/aromatic N) is 2. The summed E-state index contributed by atoms with van der Waals surface area (Å²) in [5.74, 6) is -1.06. The van der Waals surface area contributed by atoms with Crippen molar-refractivity contribution in [3.05, 3.63) is 68.6 Å². The molecule has 3 aliphatic heterocycles. The number of hydrogen-bond acceptors (Lipinski definition) is 8. The molecule has 2 aromatic carbocycles. The van der Waals surface area contributed by atoms with Crippen molar-refractivity contribution in [3.8, 4) is 11.5 Å². The molecule has 9 nitrogen and oxygen atoms in total. The molecule has 11 heteroatoms. The van der Waals surface area contributed by atoms with Gasteiger partial charge in [0.15, 0.2) is 18.1 Å². The molecule has 0 radical (unpaired) electrons. The fraction of sp³-hybridized carbons (Fsp3) is 0.357. The third-order valence-electron chi connectivity index (χ3n) is 7.45. The number of nitrogens with one attached hydrogen (secondary N) is 1. The lowest BCUT2D eigenvalue weighted by Crippen LogP contribution is -2.38. The largest absolute Gasteiger partial charge is 0.493 e. The van der Waals surface area contributed by atoms with Crippen molar-refractivity contribution >= 4 is 46.5 Å². The number of carbonyl (C=O) groups is 3. The third kappa shape index (κ3) is 4.63. The van der Waals surface area contributed by atoms with Crippen molar-refractivity contribution in [1.82, 2.24) is 9.88 Å². The Morgan fingerprint density at radius 3 is 2.51 bits per heavy atom. The topological polar surface area (TPSA) is 109 Å². The van der Waals surface area contributed by atoms with Gasteiger partial charge in [-0.25, -0.2) is 4.90 Å². The summed E-state index contributed by atoms with van der Waals surface area (Å²) in [5, 5.41) is -0.0664. The number of H-pyrrole nitrogens is 1. The molecule has 3 atom stereocenters. The van der Waals surface area contributed by atoms with Crippen molar-refractivity contribution < 1.29 is 23.9 Å². The summed E-state index contributed by atoms with van der Waals surface area (Å²) in [7, 11) is 1.51. The smallest absolute Gasteiger partial charge is 0.305 e. The molecule has 1 aromatic heterocycles. The van der Waals surface area contributed by atoms with Gasteiger partial charge in [0.2, 0.25) is 11.8 Å². The molecule has 3 aliphatic rings. The van der Waals surface area contributed by atoms with Crippen LogP contribution in [-0.4, -0.2) is 59.7 Å². The zero-order valence-corrected chi connectivity index (χ0v) is 22.9. The molecule has 0 bridgehead atoms. The molecule has 3 aromatic rings. The normalized spacial score (nSPS) is 22.4. The average molecular weight is 566 g/mol. The standard InChI is InChI=1S/C28H27N3O6S2/c1-36-19-14-16(10-11-18(19)37-15-20(32)30-12-6-3-7-13-30)21-22-24(38-25-23(21)39-28(35)29-25)27(34)31(26(22)33)17-8-4-2-5-9-17/h2,4-5,8-11,14,21-22,24H,3,6-7,12-13,15H2,1H3,(H,29,35)/t21-,22?,24?/m1/s1. The number of rotatable bonds is 6. The van der Waals surface area contributed by atoms with Gasteiger partial charge in [-0.15, -0.1) is 0 Å². The average Bonchev–Trinajstić information content (AvgIpc) is 3.46. The van der Waals surface area contributed by atoms with Crippen LogP contribution in [0.5, 0.6) is 11.5 Å². The minimum Gasteiger partial charge on any atom is -0.493 e. The van der Waals surface area contributed by atoms with E-state index in [1.54, 1.807) is 36.4 Å². The molecule has 1 N–H and O–H groups in total. The van der Waals surface area contributed by atoms with Crippen LogP contribution in [0, 0.1) is 5.92 Å². The quantitative estimate of drug-likeness (QED) is 0.455. The molecule has 6 rings (SSSR count). The van der Waals surface area contributed by atoms with E-state index in [4.69, 9.17) is 9.47 Å². The second-order valence-electron chi connectivity index (χ2n) is 9.74. The monoisotopic (exact) mass is 565 g/mol. The van der Waals surface area contributed by atoms with E-state index in [0.29, 0.717) is 22.2 Å². The lowest BCUT2D eigenvalue weighted by atomic mass is 9.83. The van der Waals surface area contributed by atoms with Crippen molar-refractivity contribution in [3.63, 3.8) is 0 Å². The number of carbonyl (C=O) groups excluding carboxylic acids is 3. The van der Waals surface area contributed by atoms with E-state index >= 15 is 0 Å². The molecule has 2 fully saturated rings. The van der Waals surface area contributed by atoms with Crippen LogP contribution in [-0.2, 0) is 14.4 Å². The van der Waals surface area contributed by atoms with Gasteiger partial charge in [0.25, 0.3) is 5.91 Å². The number of anilines is 1. The van der Waals surface area contributed by atoms with Gasteiger partial charge in [-0.2, -0.15) is 0 Å². The first-order chi connectivity index (χ1) is 19.0. The summed E-state index contributed by atoms with van der Waals surface area (Å²) < 4.78 is 11.5. The van der Waals surface area contributed by atoms with E-state index in [1.165, 1.54) is 23.8 Å². The number of aromatic nitrogens is 1. The lowest BCUT2D eigenvalue weighted by Gasteiger charge is -2.30. The summed E-state index contributed by atoms with van der Waals surface area (Å²) in [4.78, 5) is 58.7. The number of benzene rings is 2. The maximum absolute atomic E-state index is 13.8. The second kappa shape index (κ2) is 10.5. The first-order valence-electron chi connectivity index (χ1n) is 12.9. The molecule has 2 unspecified atom stereocenters. The predicted molar refractivity (Wildman–Crippen MR) is 148 cm³/mol. The van der Waals surface area contributed by atoms with Gasteiger partial charge in [-0.3, -0.25) is 19.2 Å². The van der Waals surface area contributed by atoms with Crippen molar-refractivity contribution in [1.29, 1.82) is 0 Å². The van der Waals surface area contributed by atoms with Gasteiger partial charge in [-0.1, -0.05) is 47.4 Å². The zero-order valence-electron chi connectivity index (χ0n) is 21.3. The minimum absolute atomic E-state index is 0.0641. The predicted octanol–water partition coefficient (Wildman–Crippen LogP) is 3.63. The number of fused-ring (bicyclic) bond motifs is 2. The van der Waals surface area contributed by atoms with E-state index in [-0.39, 0.29) is 29.2 Å². The van der Waals surface area contributed by atoms with Gasteiger partial charge >= 0.3 is 4.87 Å². The Hall–Kier alpha value is -3.57. The van der Waals surface area contributed by atoms with Crippen molar-refractivity contribution in [2.45, 2.75) is 35.5 Å². The SMILES string of the molecule is COc1cc([C@H]2c3sc(=O)[nH]c3SC3C(=O)N(c4ccccc4)C(=O)C32)ccc1OCC(=O)N1CCCCC1. The summed E-state index contributed by atoms with van der Waals surface area (Å²) >= 11 is 2.29. The Kier molecular flexibility index (Phi) is 6.94. The fourth-order valence-corrected chi connectivity index (χ4v) is 8.09. The van der Waals surface area contributed by atoms with Gasteiger partial charge in [-0.05, 0) is 49.1 Å². The van der Waals surface area contributed by atoms with Gasteiger partial charge in [0.05, 0.1) is 23.7 Å². The Bertz CT molecular complexity index is 1480. The van der Waals surface area contributed by atoms with Crippen LogP contribution in [0.2, 0.25) is 0 Å². The maximum atomic E-state index is 13.8. The summed E-state index contributed by atoms with van der Waals surface area (Å²) in [6.45, 7) is 1.40. The third-order valence-corrected chi connectivity index (χ3v) is 9.85. The number of para-hydroxylation sites is 1. The van der Waals surface area contributed by atoms with Crippen molar-refractivity contribution in [2.75, 3.05) is 31.7 Å². The highest BCUT2D eigenvalue weighted by Gasteiger charge is 2.56. The molecule has 3 amide bonds. The molecule has 4 heterocycles. The first kappa shape index (κ1) is 25.7. The molecule has 2 saturated heterocycles. The van der Waals surface area contributed by atoms with Crippen LogP contribution < -0.4 is 19.2 Å². The van der Waals surface area contributed by atoms with Crippen LogP contribution >= 0.6 is 23.1 Å². The van der Waals surface area contributed by atoms with Gasteiger partial charge in [0, 0.05) is 23.9 Å². The lowest BCUT2D eigenvalue weighted by molar-refractivity contribution is -0.134. The van der Waals surface area contributed by atoms with Crippen LogP contribution in [0.3, 0.4) is 0 Å². The van der Waals surface area contributed by atoms with Crippen molar-refractivity contribution in [2.24, 2.45) is 5.92 Å². The van der Waals surface area contributed by atoms with E-state index in [9.17, 15) is 19.2 Å². The second-order valence-corrected chi connectivity index (χ2v) is 11.9. The molecule has 0 aliphatic carbocycles. The summed E-state index contributed by atoms with van der Waals surface area (Å²) in [6, 6.07) is 14.2. The van der Waals surface area contributed by atoms with Crippen LogP contribution in [0.4, 0.5) is 5.69 Å². The van der Waals surface area contributed by atoms with E-state index < -0.39 is 17.1 Å². The van der Waals surface area contributed by atoms with Crippen LogP contribution in [0.15, 0.2) is 58.4 Å². The van der Waals surface area contributed by atoms with Gasteiger partial charge < -0.3 is 19.4 Å². The molecular weight excluding hydrogens is 538 g/mol. The Morgan fingerprint density at radius 2 is 1.77 bits per heavy atom. The molecular formula is C28H27N3O6S2. The fourth-order valence-electron chi connectivity index (χ4n) is 5.58. The van der Waals surface area contributed by atoms with Crippen LogP contribution in [0.25, 0.3) is 0 Å². The first-order valence-corrected chi connectivity index (χ1v) is 14.6. The highest BCUT2D eigenvalue weighted by molar-refractivity contribution is 8.00. The number of methoxy groups -OCH3 is 1. The molecule has 0 saturated carbocycles. The number of ether oxygens (including phenoxy) is 2.